The van der Waals surface area contributed by atoms with Gasteiger partial charge in [0.05, 0.1) is 11.1 Å². The molecular weight excluding hydrogens is 344 g/mol. The number of aliphatic hydroxyl groups excluding tert-OH is 1. The minimum Gasteiger partial charge on any atom is -0.396 e. The maximum Gasteiger partial charge on any atom is 0.149 e. The van der Waals surface area contributed by atoms with E-state index in [1.165, 1.54) is 12.1 Å². The van der Waals surface area contributed by atoms with Gasteiger partial charge >= 0.3 is 0 Å². The van der Waals surface area contributed by atoms with E-state index in [-0.39, 0.29) is 23.1 Å². The predicted octanol–water partition coefficient (Wildman–Crippen LogP) is 5.50. The number of anilines is 1. The summed E-state index contributed by atoms with van der Waals surface area (Å²) in [5.74, 6) is -1.12. The third kappa shape index (κ3) is 3.96. The first-order chi connectivity index (χ1) is 12.1. The Hall–Kier alpha value is -1.65. The molecule has 1 fully saturated rings. The first-order valence-corrected chi connectivity index (χ1v) is 9.08. The Morgan fingerprint density at radius 1 is 1.12 bits per heavy atom. The molecule has 2 aromatic rings. The van der Waals surface area contributed by atoms with Crippen molar-refractivity contribution in [3.63, 3.8) is 0 Å². The van der Waals surface area contributed by atoms with Crippen LogP contribution in [-0.4, -0.2) is 11.7 Å². The molecule has 0 saturated heterocycles. The van der Waals surface area contributed by atoms with Crippen molar-refractivity contribution in [1.82, 2.24) is 0 Å². The molecule has 1 aliphatic rings. The van der Waals surface area contributed by atoms with Gasteiger partial charge in [-0.2, -0.15) is 0 Å². The molecule has 1 aliphatic carbocycles. The lowest BCUT2D eigenvalue weighted by Gasteiger charge is -2.28. The summed E-state index contributed by atoms with van der Waals surface area (Å²) >= 11 is 5.92. The van der Waals surface area contributed by atoms with Crippen LogP contribution in [-0.2, 0) is 6.42 Å². The molecule has 0 heterocycles. The van der Waals surface area contributed by atoms with Gasteiger partial charge in [0, 0.05) is 17.9 Å². The molecule has 1 atom stereocenters. The summed E-state index contributed by atoms with van der Waals surface area (Å²) in [6.07, 6.45) is 4.45. The van der Waals surface area contributed by atoms with Crippen LogP contribution >= 0.6 is 11.6 Å². The van der Waals surface area contributed by atoms with Crippen molar-refractivity contribution in [3.05, 3.63) is 64.2 Å². The highest BCUT2D eigenvalue weighted by Gasteiger charge is 2.31. The Morgan fingerprint density at radius 3 is 2.56 bits per heavy atom. The number of hydrogen-bond acceptors (Lipinski definition) is 2. The first-order valence-electron chi connectivity index (χ1n) is 8.70. The minimum atomic E-state index is -0.689. The van der Waals surface area contributed by atoms with E-state index in [0.29, 0.717) is 6.42 Å². The number of nitrogens with one attached hydrogen (secondary N) is 1. The second-order valence-electron chi connectivity index (χ2n) is 6.55. The van der Waals surface area contributed by atoms with Gasteiger partial charge in [-0.25, -0.2) is 8.78 Å². The molecule has 1 saturated carbocycles. The second-order valence-corrected chi connectivity index (χ2v) is 6.96. The van der Waals surface area contributed by atoms with Gasteiger partial charge in [-0.1, -0.05) is 42.6 Å². The van der Waals surface area contributed by atoms with E-state index in [4.69, 9.17) is 11.6 Å². The van der Waals surface area contributed by atoms with Gasteiger partial charge in [0.1, 0.15) is 11.6 Å². The molecule has 134 valence electrons. The Balaban J connectivity index is 2.01. The molecule has 0 bridgehead atoms. The summed E-state index contributed by atoms with van der Waals surface area (Å²) in [4.78, 5) is 0. The van der Waals surface area contributed by atoms with Gasteiger partial charge in [0.15, 0.2) is 0 Å². The highest BCUT2D eigenvalue weighted by molar-refractivity contribution is 6.30. The topological polar surface area (TPSA) is 32.3 Å². The number of aliphatic hydroxyl groups is 1. The SMILES string of the molecule is OCCc1ccccc1N[C@H](c1c(F)ccc(Cl)c1F)C1CCCC1. The van der Waals surface area contributed by atoms with Gasteiger partial charge in [-0.05, 0) is 48.9 Å². The van der Waals surface area contributed by atoms with Crippen LogP contribution in [0.3, 0.4) is 0 Å². The van der Waals surface area contributed by atoms with Crippen LogP contribution in [0.2, 0.25) is 5.02 Å². The summed E-state index contributed by atoms with van der Waals surface area (Å²) in [7, 11) is 0. The van der Waals surface area contributed by atoms with E-state index >= 15 is 0 Å². The molecule has 0 amide bonds. The molecule has 0 unspecified atom stereocenters. The van der Waals surface area contributed by atoms with Crippen molar-refractivity contribution in [2.24, 2.45) is 5.92 Å². The number of benzene rings is 2. The summed E-state index contributed by atoms with van der Waals surface area (Å²) in [5, 5.41) is 12.6. The fourth-order valence-corrected chi connectivity index (χ4v) is 3.88. The maximum atomic E-state index is 14.7. The average Bonchev–Trinajstić information content (AvgIpc) is 3.14. The maximum absolute atomic E-state index is 14.7. The van der Waals surface area contributed by atoms with Crippen molar-refractivity contribution >= 4 is 17.3 Å². The smallest absolute Gasteiger partial charge is 0.149 e. The van der Waals surface area contributed by atoms with Crippen molar-refractivity contribution in [3.8, 4) is 0 Å². The average molecular weight is 366 g/mol. The lowest BCUT2D eigenvalue weighted by Crippen LogP contribution is -2.22. The standard InChI is InChI=1S/C20H22ClF2NO/c21-15-9-10-16(22)18(19(15)23)20(14-6-1-2-7-14)24-17-8-4-3-5-13(17)11-12-25/h3-5,8-10,14,20,24-25H,1-2,6-7,11-12H2/t20-/m0/s1. The van der Waals surface area contributed by atoms with Gasteiger partial charge < -0.3 is 10.4 Å². The van der Waals surface area contributed by atoms with Crippen molar-refractivity contribution in [1.29, 1.82) is 0 Å². The number of hydrogen-bond donors (Lipinski definition) is 2. The number of halogens is 3. The quantitative estimate of drug-likeness (QED) is 0.663. The van der Waals surface area contributed by atoms with Crippen LogP contribution in [0.5, 0.6) is 0 Å². The lowest BCUT2D eigenvalue weighted by molar-refractivity contribution is 0.299. The zero-order valence-electron chi connectivity index (χ0n) is 13.9. The van der Waals surface area contributed by atoms with Crippen LogP contribution in [0.25, 0.3) is 0 Å². The molecule has 0 aromatic heterocycles. The normalized spacial score (nSPS) is 16.2. The molecule has 3 rings (SSSR count). The molecular formula is C20H22ClF2NO. The van der Waals surface area contributed by atoms with Crippen LogP contribution in [0.1, 0.15) is 42.9 Å². The third-order valence-electron chi connectivity index (χ3n) is 4.97. The third-order valence-corrected chi connectivity index (χ3v) is 5.26. The van der Waals surface area contributed by atoms with Crippen molar-refractivity contribution in [2.45, 2.75) is 38.1 Å². The van der Waals surface area contributed by atoms with Gasteiger partial charge in [0.25, 0.3) is 0 Å². The second kappa shape index (κ2) is 8.15. The minimum absolute atomic E-state index is 0.0122. The van der Waals surface area contributed by atoms with E-state index in [1.807, 2.05) is 24.3 Å². The zero-order chi connectivity index (χ0) is 17.8. The largest absolute Gasteiger partial charge is 0.396 e. The van der Waals surface area contributed by atoms with Gasteiger partial charge in [-0.15, -0.1) is 0 Å². The van der Waals surface area contributed by atoms with E-state index in [9.17, 15) is 13.9 Å². The molecule has 0 aliphatic heterocycles. The highest BCUT2D eigenvalue weighted by Crippen LogP contribution is 2.41. The van der Waals surface area contributed by atoms with E-state index in [0.717, 1.165) is 36.9 Å². The Labute approximate surface area is 151 Å². The fourth-order valence-electron chi connectivity index (χ4n) is 3.71. The molecule has 5 heteroatoms. The predicted molar refractivity (Wildman–Crippen MR) is 96.9 cm³/mol. The summed E-state index contributed by atoms with van der Waals surface area (Å²) in [6, 6.07) is 9.55. The van der Waals surface area contributed by atoms with Crippen LogP contribution in [0.4, 0.5) is 14.5 Å². The Bertz CT molecular complexity index is 732. The summed E-state index contributed by atoms with van der Waals surface area (Å²) < 4.78 is 29.2. The summed E-state index contributed by atoms with van der Waals surface area (Å²) in [6.45, 7) is 0.0205. The molecule has 2 aromatic carbocycles. The van der Waals surface area contributed by atoms with E-state index in [2.05, 4.69) is 5.32 Å². The number of rotatable bonds is 6. The monoisotopic (exact) mass is 365 g/mol. The van der Waals surface area contributed by atoms with Crippen LogP contribution in [0, 0.1) is 17.6 Å². The lowest BCUT2D eigenvalue weighted by atomic mass is 9.90. The summed E-state index contributed by atoms with van der Waals surface area (Å²) in [5.41, 5.74) is 1.74. The molecule has 2 nitrogen and oxygen atoms in total. The van der Waals surface area contributed by atoms with Gasteiger partial charge in [0.2, 0.25) is 0 Å². The fraction of sp³-hybridized carbons (Fsp3) is 0.400. The van der Waals surface area contributed by atoms with Gasteiger partial charge in [-0.3, -0.25) is 0 Å². The van der Waals surface area contributed by atoms with E-state index < -0.39 is 17.7 Å². The number of para-hydroxylation sites is 1. The Morgan fingerprint density at radius 2 is 1.84 bits per heavy atom. The van der Waals surface area contributed by atoms with Crippen molar-refractivity contribution in [2.75, 3.05) is 11.9 Å². The molecule has 25 heavy (non-hydrogen) atoms. The highest BCUT2D eigenvalue weighted by atomic mass is 35.5. The zero-order valence-corrected chi connectivity index (χ0v) is 14.7. The Kier molecular flexibility index (Phi) is 5.92. The molecule has 0 radical (unpaired) electrons. The van der Waals surface area contributed by atoms with E-state index in [1.54, 1.807) is 0 Å². The molecule has 0 spiro atoms. The van der Waals surface area contributed by atoms with Crippen LogP contribution in [0.15, 0.2) is 36.4 Å². The van der Waals surface area contributed by atoms with Crippen molar-refractivity contribution < 1.29 is 13.9 Å². The van der Waals surface area contributed by atoms with Crippen LogP contribution < -0.4 is 5.32 Å². The first kappa shape index (κ1) is 18.2. The molecule has 2 N–H and O–H groups in total.